The molecule has 1 aliphatic carbocycles. The average Bonchev–Trinajstić information content (AvgIpc) is 2.91. The van der Waals surface area contributed by atoms with E-state index in [0.717, 1.165) is 25.7 Å². The van der Waals surface area contributed by atoms with E-state index < -0.39 is 0 Å². The monoisotopic (exact) mass is 269 g/mol. The van der Waals surface area contributed by atoms with Crippen LogP contribution in [-0.4, -0.2) is 18.2 Å². The van der Waals surface area contributed by atoms with Crippen molar-refractivity contribution in [2.75, 3.05) is 12.3 Å². The van der Waals surface area contributed by atoms with Crippen LogP contribution in [0.4, 0.5) is 0 Å². The van der Waals surface area contributed by atoms with Gasteiger partial charge in [-0.05, 0) is 24.3 Å². The molecule has 2 nitrogen and oxygen atoms in total. The zero-order valence-electron chi connectivity index (χ0n) is 9.95. The highest BCUT2D eigenvalue weighted by Gasteiger charge is 2.41. The van der Waals surface area contributed by atoms with Gasteiger partial charge in [0.05, 0.1) is 5.41 Å². The van der Waals surface area contributed by atoms with Crippen molar-refractivity contribution in [3.05, 3.63) is 22.4 Å². The Morgan fingerprint density at radius 3 is 2.76 bits per heavy atom. The zero-order valence-corrected chi connectivity index (χ0v) is 11.7. The summed E-state index contributed by atoms with van der Waals surface area (Å²) in [6.45, 7) is 0.662. The number of thiol groups is 1. The molecule has 1 aromatic heterocycles. The van der Waals surface area contributed by atoms with Gasteiger partial charge in [0, 0.05) is 17.2 Å². The van der Waals surface area contributed by atoms with Crippen molar-refractivity contribution in [2.24, 2.45) is 0 Å². The van der Waals surface area contributed by atoms with Crippen molar-refractivity contribution >= 4 is 29.9 Å². The minimum atomic E-state index is -0.255. The van der Waals surface area contributed by atoms with E-state index in [1.165, 1.54) is 11.3 Å². The summed E-state index contributed by atoms with van der Waals surface area (Å²) in [6, 6.07) is 4.15. The Hall–Kier alpha value is -0.480. The molecular formula is C13H19NOS2. The molecule has 94 valence electrons. The fourth-order valence-electron chi connectivity index (χ4n) is 2.63. The highest BCUT2D eigenvalue weighted by molar-refractivity contribution is 7.80. The fourth-order valence-corrected chi connectivity index (χ4v) is 3.73. The van der Waals surface area contributed by atoms with Crippen LogP contribution in [-0.2, 0) is 10.2 Å². The van der Waals surface area contributed by atoms with Gasteiger partial charge in [0.1, 0.15) is 0 Å². The van der Waals surface area contributed by atoms with Gasteiger partial charge in [0.25, 0.3) is 0 Å². The van der Waals surface area contributed by atoms with Crippen molar-refractivity contribution in [2.45, 2.75) is 37.5 Å². The number of thiophene rings is 1. The summed E-state index contributed by atoms with van der Waals surface area (Å²) < 4.78 is 0. The smallest absolute Gasteiger partial charge is 0.231 e. The lowest BCUT2D eigenvalue weighted by atomic mass is 9.72. The number of hydrogen-bond donors (Lipinski definition) is 2. The molecule has 0 spiro atoms. The molecule has 17 heavy (non-hydrogen) atoms. The molecule has 0 aliphatic heterocycles. The van der Waals surface area contributed by atoms with Crippen LogP contribution in [0.1, 0.15) is 37.0 Å². The molecule has 1 fully saturated rings. The molecule has 0 atom stereocenters. The molecule has 1 aromatic rings. The number of nitrogens with one attached hydrogen (secondary N) is 1. The quantitative estimate of drug-likeness (QED) is 0.808. The Morgan fingerprint density at radius 1 is 1.41 bits per heavy atom. The first kappa shape index (κ1) is 13.0. The Balaban J connectivity index is 2.20. The van der Waals surface area contributed by atoms with Gasteiger partial charge < -0.3 is 5.32 Å². The third-order valence-electron chi connectivity index (χ3n) is 3.53. The molecule has 0 unspecified atom stereocenters. The first-order valence-corrected chi connectivity index (χ1v) is 7.74. The predicted octanol–water partition coefficient (Wildman–Crippen LogP) is 3.00. The Kier molecular flexibility index (Phi) is 4.51. The van der Waals surface area contributed by atoms with Gasteiger partial charge in [-0.2, -0.15) is 12.6 Å². The number of carbonyl (C=O) groups excluding carboxylic acids is 1. The van der Waals surface area contributed by atoms with Crippen LogP contribution in [0.25, 0.3) is 0 Å². The van der Waals surface area contributed by atoms with Crippen molar-refractivity contribution in [1.29, 1.82) is 0 Å². The van der Waals surface area contributed by atoms with Gasteiger partial charge in [-0.1, -0.05) is 25.3 Å². The lowest BCUT2D eigenvalue weighted by Gasteiger charge is -2.35. The second kappa shape index (κ2) is 5.91. The van der Waals surface area contributed by atoms with Crippen molar-refractivity contribution < 1.29 is 4.79 Å². The maximum Gasteiger partial charge on any atom is 0.231 e. The highest BCUT2D eigenvalue weighted by atomic mass is 32.1. The molecule has 4 heteroatoms. The molecule has 1 N–H and O–H groups in total. The van der Waals surface area contributed by atoms with Crippen LogP contribution in [0, 0.1) is 0 Å². The summed E-state index contributed by atoms with van der Waals surface area (Å²) in [6.07, 6.45) is 5.56. The minimum Gasteiger partial charge on any atom is -0.354 e. The van der Waals surface area contributed by atoms with Crippen LogP contribution in [0.15, 0.2) is 17.5 Å². The van der Waals surface area contributed by atoms with Crippen LogP contribution in [0.3, 0.4) is 0 Å². The third kappa shape index (κ3) is 2.68. The predicted molar refractivity (Wildman–Crippen MR) is 75.9 cm³/mol. The van der Waals surface area contributed by atoms with E-state index in [1.54, 1.807) is 11.3 Å². The van der Waals surface area contributed by atoms with Gasteiger partial charge in [-0.25, -0.2) is 0 Å². The summed E-state index contributed by atoms with van der Waals surface area (Å²) in [7, 11) is 0. The van der Waals surface area contributed by atoms with E-state index in [9.17, 15) is 4.79 Å². The van der Waals surface area contributed by atoms with Gasteiger partial charge in [-0.3, -0.25) is 4.79 Å². The van der Waals surface area contributed by atoms with E-state index in [2.05, 4.69) is 29.4 Å². The van der Waals surface area contributed by atoms with Gasteiger partial charge >= 0.3 is 0 Å². The molecular weight excluding hydrogens is 250 g/mol. The lowest BCUT2D eigenvalue weighted by Crippen LogP contribution is -2.45. The second-order valence-electron chi connectivity index (χ2n) is 4.60. The molecule has 0 radical (unpaired) electrons. The van der Waals surface area contributed by atoms with E-state index in [-0.39, 0.29) is 11.3 Å². The van der Waals surface area contributed by atoms with E-state index in [1.807, 2.05) is 6.07 Å². The van der Waals surface area contributed by atoms with E-state index in [4.69, 9.17) is 0 Å². The van der Waals surface area contributed by atoms with Crippen LogP contribution in [0.2, 0.25) is 0 Å². The fraction of sp³-hybridized carbons (Fsp3) is 0.615. The van der Waals surface area contributed by atoms with E-state index >= 15 is 0 Å². The molecule has 1 heterocycles. The minimum absolute atomic E-state index is 0.203. The highest BCUT2D eigenvalue weighted by Crippen LogP contribution is 2.41. The Labute approximate surface area is 112 Å². The molecule has 0 bridgehead atoms. The van der Waals surface area contributed by atoms with Crippen molar-refractivity contribution in [1.82, 2.24) is 5.32 Å². The summed E-state index contributed by atoms with van der Waals surface area (Å²) in [5.74, 6) is 0.903. The zero-order chi connectivity index (χ0) is 12.1. The van der Waals surface area contributed by atoms with E-state index in [0.29, 0.717) is 12.3 Å². The summed E-state index contributed by atoms with van der Waals surface area (Å²) in [4.78, 5) is 13.7. The molecule has 1 aliphatic rings. The first-order chi connectivity index (χ1) is 8.29. The standard InChI is InChI=1S/C13H19NOS2/c15-12(14-8-9-16)13(6-2-1-3-7-13)11-5-4-10-17-11/h4-5,10,16H,1-3,6-9H2,(H,14,15). The Morgan fingerprint density at radius 2 is 2.18 bits per heavy atom. The summed E-state index contributed by atoms with van der Waals surface area (Å²) in [5, 5.41) is 5.09. The number of hydrogen-bond acceptors (Lipinski definition) is 3. The average molecular weight is 269 g/mol. The Bertz CT molecular complexity index is 356. The van der Waals surface area contributed by atoms with Crippen molar-refractivity contribution in [3.63, 3.8) is 0 Å². The van der Waals surface area contributed by atoms with Crippen LogP contribution >= 0.6 is 24.0 Å². The number of rotatable bonds is 4. The molecule has 0 saturated heterocycles. The maximum absolute atomic E-state index is 12.4. The van der Waals surface area contributed by atoms with Gasteiger partial charge in [-0.15, -0.1) is 11.3 Å². The summed E-state index contributed by atoms with van der Waals surface area (Å²) >= 11 is 5.86. The maximum atomic E-state index is 12.4. The van der Waals surface area contributed by atoms with Gasteiger partial charge in [0.2, 0.25) is 5.91 Å². The van der Waals surface area contributed by atoms with Crippen molar-refractivity contribution in [3.8, 4) is 0 Å². The molecule has 1 amide bonds. The molecule has 2 rings (SSSR count). The largest absolute Gasteiger partial charge is 0.354 e. The molecule has 0 aromatic carbocycles. The SMILES string of the molecule is O=C(NCCS)C1(c2cccs2)CCCCC1. The second-order valence-corrected chi connectivity index (χ2v) is 5.99. The third-order valence-corrected chi connectivity index (χ3v) is 4.83. The van der Waals surface area contributed by atoms with Crippen LogP contribution < -0.4 is 5.32 Å². The van der Waals surface area contributed by atoms with Crippen LogP contribution in [0.5, 0.6) is 0 Å². The lowest BCUT2D eigenvalue weighted by molar-refractivity contribution is -0.127. The summed E-state index contributed by atoms with van der Waals surface area (Å²) in [5.41, 5.74) is -0.255. The number of amides is 1. The first-order valence-electron chi connectivity index (χ1n) is 6.23. The number of carbonyl (C=O) groups is 1. The van der Waals surface area contributed by atoms with Gasteiger partial charge in [0.15, 0.2) is 0 Å². The molecule has 1 saturated carbocycles. The topological polar surface area (TPSA) is 29.1 Å². The normalized spacial score (nSPS) is 18.9.